The third-order valence-electron chi connectivity index (χ3n) is 8.30. The molecule has 0 bridgehead atoms. The zero-order chi connectivity index (χ0) is 33.2. The number of ether oxygens (including phenoxy) is 4. The van der Waals surface area contributed by atoms with E-state index in [0.717, 1.165) is 50.3 Å². The first-order valence-electron chi connectivity index (χ1n) is 15.9. The van der Waals surface area contributed by atoms with Crippen LogP contribution in [0.2, 0.25) is 0 Å². The molecular weight excluding hydrogens is 596 g/mol. The van der Waals surface area contributed by atoms with Gasteiger partial charge in [-0.25, -0.2) is 0 Å². The maximum absolute atomic E-state index is 11.1. The second-order valence-corrected chi connectivity index (χ2v) is 11.5. The Morgan fingerprint density at radius 1 is 0.604 bits per heavy atom. The summed E-state index contributed by atoms with van der Waals surface area (Å²) in [5.41, 5.74) is 4.58. The van der Waals surface area contributed by atoms with Crippen molar-refractivity contribution >= 4 is 10.8 Å². The first-order valence-corrected chi connectivity index (χ1v) is 15.9. The van der Waals surface area contributed by atoms with E-state index in [-0.39, 0.29) is 13.2 Å². The molecule has 0 radical (unpaired) electrons. The number of hydrogen-bond donors (Lipinski definition) is 1. The number of methoxy groups -OCH3 is 2. The summed E-state index contributed by atoms with van der Waals surface area (Å²) in [6.07, 6.45) is -0.876. The lowest BCUT2D eigenvalue weighted by Gasteiger charge is -2.36. The van der Waals surface area contributed by atoms with E-state index in [1.54, 1.807) is 14.2 Å². The number of aliphatic hydroxyl groups excluding tert-OH is 1. The normalized spacial score (nSPS) is 11.8. The Morgan fingerprint density at radius 2 is 1.21 bits per heavy atom. The SMILES string of the molecule is COc1ccc(C(OC[C@@H](O)COCc2cccc(C#Cc3cccc4ccccc34)c2)(c2ccccc2)c2ccc(OC)cc2)cc1. The fraction of sp³-hybridized carbons (Fsp3) is 0.163. The van der Waals surface area contributed by atoms with Gasteiger partial charge >= 0.3 is 0 Å². The van der Waals surface area contributed by atoms with Crippen molar-refractivity contribution in [2.45, 2.75) is 18.3 Å². The largest absolute Gasteiger partial charge is 0.497 e. The van der Waals surface area contributed by atoms with E-state index in [2.05, 4.69) is 30.0 Å². The van der Waals surface area contributed by atoms with E-state index in [1.807, 2.05) is 127 Å². The smallest absolute Gasteiger partial charge is 0.143 e. The minimum Gasteiger partial charge on any atom is -0.497 e. The lowest BCUT2D eigenvalue weighted by Crippen LogP contribution is -2.36. The zero-order valence-electron chi connectivity index (χ0n) is 27.1. The number of benzene rings is 6. The van der Waals surface area contributed by atoms with Gasteiger partial charge in [-0.05, 0) is 75.5 Å². The molecule has 5 nitrogen and oxygen atoms in total. The van der Waals surface area contributed by atoms with Crippen molar-refractivity contribution in [3.63, 3.8) is 0 Å². The summed E-state index contributed by atoms with van der Waals surface area (Å²) in [6, 6.07) is 48.1. The summed E-state index contributed by atoms with van der Waals surface area (Å²) in [4.78, 5) is 0. The lowest BCUT2D eigenvalue weighted by atomic mass is 9.80. The van der Waals surface area contributed by atoms with Gasteiger partial charge in [-0.15, -0.1) is 0 Å². The molecule has 0 unspecified atom stereocenters. The van der Waals surface area contributed by atoms with Crippen molar-refractivity contribution in [1.82, 2.24) is 0 Å². The van der Waals surface area contributed by atoms with Crippen LogP contribution >= 0.6 is 0 Å². The van der Waals surface area contributed by atoms with Crippen LogP contribution in [0.15, 0.2) is 146 Å². The van der Waals surface area contributed by atoms with Crippen LogP contribution in [0.25, 0.3) is 10.8 Å². The summed E-state index contributed by atoms with van der Waals surface area (Å²) in [5, 5.41) is 13.4. The summed E-state index contributed by atoms with van der Waals surface area (Å²) in [7, 11) is 3.29. The third kappa shape index (κ3) is 7.43. The van der Waals surface area contributed by atoms with E-state index >= 15 is 0 Å². The Labute approximate surface area is 282 Å². The summed E-state index contributed by atoms with van der Waals surface area (Å²) in [6.45, 7) is 0.465. The van der Waals surface area contributed by atoms with Crippen molar-refractivity contribution in [2.24, 2.45) is 0 Å². The molecule has 0 aliphatic rings. The minimum atomic E-state index is -1.02. The minimum absolute atomic E-state index is 0.0312. The van der Waals surface area contributed by atoms with E-state index < -0.39 is 11.7 Å². The van der Waals surface area contributed by atoms with Crippen molar-refractivity contribution in [3.8, 4) is 23.3 Å². The van der Waals surface area contributed by atoms with Gasteiger partial charge in [0.15, 0.2) is 0 Å². The monoisotopic (exact) mass is 634 g/mol. The second-order valence-electron chi connectivity index (χ2n) is 11.5. The molecule has 0 fully saturated rings. The van der Waals surface area contributed by atoms with Crippen LogP contribution < -0.4 is 9.47 Å². The van der Waals surface area contributed by atoms with E-state index in [1.165, 1.54) is 5.39 Å². The Kier molecular flexibility index (Phi) is 10.5. The fourth-order valence-electron chi connectivity index (χ4n) is 5.87. The molecule has 48 heavy (non-hydrogen) atoms. The van der Waals surface area contributed by atoms with Crippen molar-refractivity contribution in [2.75, 3.05) is 27.4 Å². The van der Waals surface area contributed by atoms with Gasteiger partial charge < -0.3 is 24.1 Å². The molecular formula is C43H38O5. The number of fused-ring (bicyclic) bond motifs is 1. The van der Waals surface area contributed by atoms with Crippen LogP contribution in [0.1, 0.15) is 33.4 Å². The standard InChI is InChI=1S/C43H38O5/c1-45-40-24-20-37(21-25-40)43(36-15-4-3-5-16-36,38-22-26-41(46-2)27-23-38)48-31-39(44)30-47-29-33-11-8-10-32(28-33)18-19-35-14-9-13-34-12-6-7-17-42(34)35/h3-17,20-28,39,44H,29-31H2,1-2H3/t39-/m0/s1. The van der Waals surface area contributed by atoms with E-state index in [9.17, 15) is 5.11 Å². The summed E-state index contributed by atoms with van der Waals surface area (Å²) < 4.78 is 23.7. The highest BCUT2D eigenvalue weighted by atomic mass is 16.5. The molecule has 0 saturated heterocycles. The van der Waals surface area contributed by atoms with Crippen LogP contribution in [0, 0.1) is 11.8 Å². The zero-order valence-corrected chi connectivity index (χ0v) is 27.1. The Balaban J connectivity index is 1.17. The molecule has 0 saturated carbocycles. The number of aliphatic hydroxyl groups is 1. The van der Waals surface area contributed by atoms with Crippen LogP contribution in [0.5, 0.6) is 11.5 Å². The van der Waals surface area contributed by atoms with E-state index in [0.29, 0.717) is 6.61 Å². The topological polar surface area (TPSA) is 57.2 Å². The molecule has 0 aromatic heterocycles. The summed E-state index contributed by atoms with van der Waals surface area (Å²) in [5.74, 6) is 8.11. The number of rotatable bonds is 12. The first kappa shape index (κ1) is 32.6. The first-order chi connectivity index (χ1) is 23.6. The molecule has 0 aliphatic heterocycles. The lowest BCUT2D eigenvalue weighted by molar-refractivity contribution is -0.0662. The predicted octanol–water partition coefficient (Wildman–Crippen LogP) is 8.14. The second kappa shape index (κ2) is 15.5. The molecule has 0 spiro atoms. The molecule has 0 amide bonds. The molecule has 240 valence electrons. The molecule has 1 N–H and O–H groups in total. The van der Waals surface area contributed by atoms with Crippen LogP contribution in [-0.2, 0) is 21.7 Å². The molecule has 0 heterocycles. The molecule has 6 rings (SSSR count). The van der Waals surface area contributed by atoms with E-state index in [4.69, 9.17) is 18.9 Å². The molecule has 1 atom stereocenters. The number of hydrogen-bond acceptors (Lipinski definition) is 5. The highest BCUT2D eigenvalue weighted by Gasteiger charge is 2.38. The maximum atomic E-state index is 11.1. The Hall–Kier alpha value is -5.38. The van der Waals surface area contributed by atoms with Crippen molar-refractivity contribution in [1.29, 1.82) is 0 Å². The third-order valence-corrected chi connectivity index (χ3v) is 8.30. The molecule has 0 aliphatic carbocycles. The predicted molar refractivity (Wildman–Crippen MR) is 190 cm³/mol. The van der Waals surface area contributed by atoms with Gasteiger partial charge in [-0.2, -0.15) is 0 Å². The average Bonchev–Trinajstić information content (AvgIpc) is 3.15. The molecule has 6 aromatic carbocycles. The highest BCUT2D eigenvalue weighted by molar-refractivity contribution is 5.88. The van der Waals surface area contributed by atoms with Crippen molar-refractivity contribution < 1.29 is 24.1 Å². The molecule has 6 aromatic rings. The fourth-order valence-corrected chi connectivity index (χ4v) is 5.87. The summed E-state index contributed by atoms with van der Waals surface area (Å²) >= 11 is 0. The van der Waals surface area contributed by atoms with Crippen LogP contribution in [0.4, 0.5) is 0 Å². The Bertz CT molecular complexity index is 1940. The van der Waals surface area contributed by atoms with Crippen LogP contribution in [0.3, 0.4) is 0 Å². The van der Waals surface area contributed by atoms with Gasteiger partial charge in [0, 0.05) is 11.1 Å². The van der Waals surface area contributed by atoms with Gasteiger partial charge in [0.05, 0.1) is 34.0 Å². The van der Waals surface area contributed by atoms with Gasteiger partial charge in [-0.1, -0.05) is 115 Å². The maximum Gasteiger partial charge on any atom is 0.143 e. The Morgan fingerprint density at radius 3 is 1.90 bits per heavy atom. The highest BCUT2D eigenvalue weighted by Crippen LogP contribution is 2.41. The van der Waals surface area contributed by atoms with Crippen molar-refractivity contribution in [3.05, 3.63) is 179 Å². The van der Waals surface area contributed by atoms with Gasteiger partial charge in [0.1, 0.15) is 23.2 Å². The van der Waals surface area contributed by atoms with Gasteiger partial charge in [0.25, 0.3) is 0 Å². The molecule has 5 heteroatoms. The quantitative estimate of drug-likeness (QED) is 0.109. The average molecular weight is 635 g/mol. The van der Waals surface area contributed by atoms with Gasteiger partial charge in [0.2, 0.25) is 0 Å². The van der Waals surface area contributed by atoms with Gasteiger partial charge in [-0.3, -0.25) is 0 Å². The van der Waals surface area contributed by atoms with Crippen LogP contribution in [-0.4, -0.2) is 38.6 Å².